The number of carbonyl (C=O) groups excluding carboxylic acids is 1. The summed E-state index contributed by atoms with van der Waals surface area (Å²) in [5.74, 6) is 0.979. The number of hydrogen-bond acceptors (Lipinski definition) is 3. The van der Waals surface area contributed by atoms with Gasteiger partial charge in [0, 0.05) is 30.0 Å². The molecule has 4 rings (SSSR count). The third-order valence-corrected chi connectivity index (χ3v) is 4.79. The second-order valence-corrected chi connectivity index (χ2v) is 6.23. The number of anilines is 1. The maximum absolute atomic E-state index is 12.4. The van der Waals surface area contributed by atoms with E-state index in [1.165, 1.54) is 0 Å². The van der Waals surface area contributed by atoms with Gasteiger partial charge in [-0.25, -0.2) is 0 Å². The average molecular weight is 318 g/mol. The molecule has 2 aliphatic rings. The van der Waals surface area contributed by atoms with Crippen LogP contribution in [0.1, 0.15) is 36.8 Å². The second kappa shape index (κ2) is 5.14. The van der Waals surface area contributed by atoms with Crippen LogP contribution < -0.4 is 4.90 Å². The van der Waals surface area contributed by atoms with Gasteiger partial charge in [-0.15, -0.1) is 0 Å². The van der Waals surface area contributed by atoms with Crippen LogP contribution in [0.15, 0.2) is 41.0 Å². The van der Waals surface area contributed by atoms with E-state index in [9.17, 15) is 4.79 Å². The highest BCUT2D eigenvalue weighted by atomic mass is 35.5. The molecule has 114 valence electrons. The summed E-state index contributed by atoms with van der Waals surface area (Å²) in [4.78, 5) is 14.2. The molecule has 0 unspecified atom stereocenters. The van der Waals surface area contributed by atoms with E-state index in [0.29, 0.717) is 11.6 Å². The van der Waals surface area contributed by atoms with Gasteiger partial charge in [0.15, 0.2) is 0 Å². The normalized spacial score (nSPS) is 26.6. The Labute approximate surface area is 133 Å². The maximum Gasteiger partial charge on any atom is 0.224 e. The predicted molar refractivity (Wildman–Crippen MR) is 82.9 cm³/mol. The average Bonchev–Trinajstić information content (AvgIpc) is 3.17. The number of hydrogen-bond donors (Lipinski definition) is 0. The summed E-state index contributed by atoms with van der Waals surface area (Å²) >= 11 is 6.15. The third kappa shape index (κ3) is 1.98. The van der Waals surface area contributed by atoms with Gasteiger partial charge in [0.1, 0.15) is 11.8 Å². The fourth-order valence-corrected chi connectivity index (χ4v) is 3.91. The van der Waals surface area contributed by atoms with Crippen molar-refractivity contribution in [3.05, 3.63) is 52.9 Å². The summed E-state index contributed by atoms with van der Waals surface area (Å²) in [5, 5.41) is 0.660. The number of carbonyl (C=O) groups is 1. The van der Waals surface area contributed by atoms with Gasteiger partial charge < -0.3 is 14.1 Å². The molecule has 1 aromatic heterocycles. The largest absolute Gasteiger partial charge is 0.467 e. The van der Waals surface area contributed by atoms with Crippen molar-refractivity contribution in [1.29, 1.82) is 0 Å². The number of furan rings is 1. The van der Waals surface area contributed by atoms with Crippen LogP contribution in [-0.2, 0) is 9.53 Å². The SMILES string of the molecule is CC(=O)N1c2ccc(Cl)cc2[C@H]2OCC[C@H]2[C@H]1c1ccco1. The predicted octanol–water partition coefficient (Wildman–Crippen LogP) is 4.12. The van der Waals surface area contributed by atoms with E-state index in [2.05, 4.69) is 0 Å². The van der Waals surface area contributed by atoms with E-state index in [1.54, 1.807) is 13.2 Å². The zero-order valence-corrected chi connectivity index (χ0v) is 12.9. The van der Waals surface area contributed by atoms with Gasteiger partial charge in [0.05, 0.1) is 18.1 Å². The number of benzene rings is 1. The van der Waals surface area contributed by atoms with Gasteiger partial charge in [-0.1, -0.05) is 11.6 Å². The Morgan fingerprint density at radius 1 is 1.36 bits per heavy atom. The quantitative estimate of drug-likeness (QED) is 0.794. The first-order chi connectivity index (χ1) is 10.7. The maximum atomic E-state index is 12.4. The van der Waals surface area contributed by atoms with Crippen LogP contribution in [0, 0.1) is 5.92 Å². The van der Waals surface area contributed by atoms with Crippen LogP contribution in [0.25, 0.3) is 0 Å². The minimum absolute atomic E-state index is 0.00433. The van der Waals surface area contributed by atoms with Gasteiger partial charge >= 0.3 is 0 Å². The Morgan fingerprint density at radius 2 is 2.23 bits per heavy atom. The first-order valence-electron chi connectivity index (χ1n) is 7.41. The number of ether oxygens (including phenoxy) is 1. The van der Waals surface area contributed by atoms with Crippen molar-refractivity contribution in [2.24, 2.45) is 5.92 Å². The first-order valence-corrected chi connectivity index (χ1v) is 7.79. The zero-order chi connectivity index (χ0) is 15.3. The van der Waals surface area contributed by atoms with Crippen LogP contribution >= 0.6 is 11.6 Å². The molecule has 3 atom stereocenters. The molecule has 0 spiro atoms. The molecule has 1 aromatic carbocycles. The van der Waals surface area contributed by atoms with E-state index in [0.717, 1.165) is 23.4 Å². The van der Waals surface area contributed by atoms with Crippen molar-refractivity contribution in [3.8, 4) is 0 Å². The highest BCUT2D eigenvalue weighted by molar-refractivity contribution is 6.30. The lowest BCUT2D eigenvalue weighted by Crippen LogP contribution is -2.42. The van der Waals surface area contributed by atoms with Crippen LogP contribution in [-0.4, -0.2) is 12.5 Å². The zero-order valence-electron chi connectivity index (χ0n) is 12.2. The molecule has 2 aliphatic heterocycles. The molecule has 0 bridgehead atoms. The summed E-state index contributed by atoms with van der Waals surface area (Å²) in [6.07, 6.45) is 2.50. The molecule has 1 fully saturated rings. The topological polar surface area (TPSA) is 42.7 Å². The highest BCUT2D eigenvalue weighted by Crippen LogP contribution is 2.53. The minimum atomic E-state index is -0.131. The lowest BCUT2D eigenvalue weighted by Gasteiger charge is -2.42. The molecule has 0 N–H and O–H groups in total. The Hall–Kier alpha value is -1.78. The summed E-state index contributed by atoms with van der Waals surface area (Å²) in [5.41, 5.74) is 1.86. The van der Waals surface area contributed by atoms with Crippen molar-refractivity contribution in [2.75, 3.05) is 11.5 Å². The smallest absolute Gasteiger partial charge is 0.224 e. The number of nitrogens with zero attached hydrogens (tertiary/aromatic N) is 1. The monoisotopic (exact) mass is 317 g/mol. The van der Waals surface area contributed by atoms with Crippen molar-refractivity contribution >= 4 is 23.2 Å². The Kier molecular flexibility index (Phi) is 3.24. The lowest BCUT2D eigenvalue weighted by atomic mass is 9.81. The molecule has 5 heteroatoms. The van der Waals surface area contributed by atoms with E-state index in [-0.39, 0.29) is 24.0 Å². The van der Waals surface area contributed by atoms with Crippen molar-refractivity contribution in [1.82, 2.24) is 0 Å². The van der Waals surface area contributed by atoms with Crippen molar-refractivity contribution in [2.45, 2.75) is 25.5 Å². The Bertz CT molecular complexity index is 713. The highest BCUT2D eigenvalue weighted by Gasteiger charge is 2.47. The number of halogens is 1. The number of rotatable bonds is 1. The molecule has 4 nitrogen and oxygen atoms in total. The van der Waals surface area contributed by atoms with Gasteiger partial charge in [0.25, 0.3) is 0 Å². The summed E-state index contributed by atoms with van der Waals surface area (Å²) in [7, 11) is 0. The van der Waals surface area contributed by atoms with Crippen LogP contribution in [0.3, 0.4) is 0 Å². The lowest BCUT2D eigenvalue weighted by molar-refractivity contribution is -0.117. The summed E-state index contributed by atoms with van der Waals surface area (Å²) < 4.78 is 11.6. The second-order valence-electron chi connectivity index (χ2n) is 5.80. The van der Waals surface area contributed by atoms with Crippen molar-refractivity contribution in [3.63, 3.8) is 0 Å². The van der Waals surface area contributed by atoms with Crippen LogP contribution in [0.4, 0.5) is 5.69 Å². The van der Waals surface area contributed by atoms with E-state index >= 15 is 0 Å². The first kappa shape index (κ1) is 13.9. The fraction of sp³-hybridized carbons (Fsp3) is 0.353. The standard InChI is InChI=1S/C17H16ClNO3/c1-10(20)19-14-5-4-11(18)9-13(14)17-12(6-8-22-17)16(19)15-3-2-7-21-15/h2-5,7,9,12,16-17H,6,8H2,1H3/t12-,16-,17-/m0/s1. The summed E-state index contributed by atoms with van der Waals surface area (Å²) in [6.45, 7) is 2.27. The summed E-state index contributed by atoms with van der Waals surface area (Å²) in [6, 6.07) is 9.27. The van der Waals surface area contributed by atoms with Gasteiger partial charge in [-0.05, 0) is 36.8 Å². The van der Waals surface area contributed by atoms with Crippen molar-refractivity contribution < 1.29 is 13.9 Å². The molecule has 22 heavy (non-hydrogen) atoms. The van der Waals surface area contributed by atoms with Crippen LogP contribution in [0.5, 0.6) is 0 Å². The Balaban J connectivity index is 1.92. The van der Waals surface area contributed by atoms with E-state index in [1.807, 2.05) is 35.2 Å². The molecule has 1 amide bonds. The van der Waals surface area contributed by atoms with Gasteiger partial charge in [0.2, 0.25) is 5.91 Å². The van der Waals surface area contributed by atoms with E-state index in [4.69, 9.17) is 20.8 Å². The molecule has 0 radical (unpaired) electrons. The molecule has 0 aliphatic carbocycles. The third-order valence-electron chi connectivity index (χ3n) is 4.55. The molecular formula is C17H16ClNO3. The fourth-order valence-electron chi connectivity index (χ4n) is 3.73. The van der Waals surface area contributed by atoms with E-state index < -0.39 is 0 Å². The minimum Gasteiger partial charge on any atom is -0.467 e. The molecule has 0 saturated carbocycles. The molecule has 2 aromatic rings. The van der Waals surface area contributed by atoms with Crippen LogP contribution in [0.2, 0.25) is 5.02 Å². The number of amides is 1. The van der Waals surface area contributed by atoms with Gasteiger partial charge in [-0.3, -0.25) is 4.79 Å². The molecular weight excluding hydrogens is 302 g/mol. The molecule has 1 saturated heterocycles. The Morgan fingerprint density at radius 3 is 2.95 bits per heavy atom. The molecule has 3 heterocycles. The number of fused-ring (bicyclic) bond motifs is 3. The van der Waals surface area contributed by atoms with Gasteiger partial charge in [-0.2, -0.15) is 0 Å².